The van der Waals surface area contributed by atoms with Crippen LogP contribution in [0.5, 0.6) is 0 Å². The Balaban J connectivity index is 2.26. The van der Waals surface area contributed by atoms with E-state index in [9.17, 15) is 4.39 Å². The third-order valence-electron chi connectivity index (χ3n) is 3.00. The molecule has 0 aliphatic rings. The summed E-state index contributed by atoms with van der Waals surface area (Å²) in [5.74, 6) is -0.272. The number of hydrogen-bond donors (Lipinski definition) is 1. The van der Waals surface area contributed by atoms with Gasteiger partial charge in [0.2, 0.25) is 0 Å². The summed E-state index contributed by atoms with van der Waals surface area (Å²) in [6, 6.07) is 4.72. The summed E-state index contributed by atoms with van der Waals surface area (Å²) < 4.78 is 15.7. The molecular formula is C14H17ClFN3. The number of nitrogens with one attached hydrogen (secondary N) is 1. The number of aromatic nitrogens is 2. The number of hydrogen-bond acceptors (Lipinski definition) is 2. The first-order valence-corrected chi connectivity index (χ1v) is 6.63. The summed E-state index contributed by atoms with van der Waals surface area (Å²) in [5, 5.41) is 3.77. The number of rotatable bonds is 5. The molecule has 0 radical (unpaired) electrons. The molecule has 0 spiro atoms. The maximum atomic E-state index is 13.8. The zero-order valence-corrected chi connectivity index (χ0v) is 11.8. The molecule has 1 atom stereocenters. The van der Waals surface area contributed by atoms with Gasteiger partial charge in [0.25, 0.3) is 0 Å². The van der Waals surface area contributed by atoms with Crippen molar-refractivity contribution < 1.29 is 4.39 Å². The fourth-order valence-electron chi connectivity index (χ4n) is 2.07. The van der Waals surface area contributed by atoms with Crippen molar-refractivity contribution in [1.29, 1.82) is 0 Å². The molecule has 102 valence electrons. The van der Waals surface area contributed by atoms with Gasteiger partial charge in [0, 0.05) is 23.8 Å². The molecule has 1 aromatic heterocycles. The topological polar surface area (TPSA) is 29.9 Å². The van der Waals surface area contributed by atoms with Gasteiger partial charge in [0.15, 0.2) is 0 Å². The molecule has 3 nitrogen and oxygen atoms in total. The van der Waals surface area contributed by atoms with Gasteiger partial charge in [-0.25, -0.2) is 9.37 Å². The van der Waals surface area contributed by atoms with Crippen molar-refractivity contribution in [2.75, 3.05) is 6.54 Å². The van der Waals surface area contributed by atoms with Crippen molar-refractivity contribution >= 4 is 11.6 Å². The van der Waals surface area contributed by atoms with Crippen LogP contribution in [0.2, 0.25) is 5.02 Å². The first-order valence-electron chi connectivity index (χ1n) is 6.26. The molecule has 1 aromatic carbocycles. The molecule has 0 bridgehead atoms. The molecule has 1 unspecified atom stereocenters. The lowest BCUT2D eigenvalue weighted by Gasteiger charge is -2.17. The normalized spacial score (nSPS) is 12.6. The summed E-state index contributed by atoms with van der Waals surface area (Å²) in [4.78, 5) is 4.33. The predicted octanol–water partition coefficient (Wildman–Crippen LogP) is 3.11. The Bertz CT molecular complexity index is 533. The fourth-order valence-corrected chi connectivity index (χ4v) is 2.31. The predicted molar refractivity (Wildman–Crippen MR) is 74.7 cm³/mol. The lowest BCUT2D eigenvalue weighted by Crippen LogP contribution is -2.23. The van der Waals surface area contributed by atoms with E-state index in [-0.39, 0.29) is 11.9 Å². The monoisotopic (exact) mass is 281 g/mol. The molecule has 0 saturated carbocycles. The van der Waals surface area contributed by atoms with Gasteiger partial charge in [-0.05, 0) is 25.1 Å². The van der Waals surface area contributed by atoms with Gasteiger partial charge in [-0.3, -0.25) is 0 Å². The van der Waals surface area contributed by atoms with Gasteiger partial charge >= 0.3 is 0 Å². The third kappa shape index (κ3) is 3.33. The first kappa shape index (κ1) is 14.0. The molecule has 0 aliphatic carbocycles. The summed E-state index contributed by atoms with van der Waals surface area (Å²) in [6.07, 6.45) is 4.15. The quantitative estimate of drug-likeness (QED) is 0.913. The number of aryl methyl sites for hydroxylation is 1. The van der Waals surface area contributed by atoms with Crippen LogP contribution in [-0.4, -0.2) is 16.1 Å². The number of likely N-dealkylation sites (N-methyl/N-ethyl adjacent to an activating group) is 1. The minimum absolute atomic E-state index is 0.0411. The molecule has 19 heavy (non-hydrogen) atoms. The lowest BCUT2D eigenvalue weighted by atomic mass is 10.0. The number of imidazole rings is 1. The van der Waals surface area contributed by atoms with E-state index >= 15 is 0 Å². The number of nitrogens with zero attached hydrogens (tertiary/aromatic N) is 2. The zero-order valence-electron chi connectivity index (χ0n) is 11.0. The van der Waals surface area contributed by atoms with E-state index in [1.54, 1.807) is 18.5 Å². The van der Waals surface area contributed by atoms with Crippen LogP contribution >= 0.6 is 11.6 Å². The average Bonchev–Trinajstić information content (AvgIpc) is 2.79. The minimum atomic E-state index is -0.272. The highest BCUT2D eigenvalue weighted by molar-refractivity contribution is 6.31. The number of halogens is 2. The Morgan fingerprint density at radius 1 is 1.47 bits per heavy atom. The molecule has 1 N–H and O–H groups in total. The van der Waals surface area contributed by atoms with E-state index in [0.29, 0.717) is 17.0 Å². The van der Waals surface area contributed by atoms with Crippen LogP contribution in [0.3, 0.4) is 0 Å². The van der Waals surface area contributed by atoms with E-state index in [0.717, 1.165) is 12.2 Å². The molecule has 0 saturated heterocycles. The Morgan fingerprint density at radius 2 is 2.26 bits per heavy atom. The summed E-state index contributed by atoms with van der Waals surface area (Å²) in [7, 11) is 1.91. The van der Waals surface area contributed by atoms with Gasteiger partial charge < -0.3 is 9.88 Å². The smallest absolute Gasteiger partial charge is 0.127 e. The summed E-state index contributed by atoms with van der Waals surface area (Å²) in [5.41, 5.74) is 1.42. The van der Waals surface area contributed by atoms with Crippen LogP contribution < -0.4 is 5.32 Å². The maximum Gasteiger partial charge on any atom is 0.127 e. The van der Waals surface area contributed by atoms with E-state index in [2.05, 4.69) is 10.3 Å². The highest BCUT2D eigenvalue weighted by Crippen LogP contribution is 2.25. The van der Waals surface area contributed by atoms with Crippen LogP contribution in [-0.2, 0) is 13.5 Å². The zero-order chi connectivity index (χ0) is 13.8. The molecule has 2 rings (SSSR count). The second-order valence-electron chi connectivity index (χ2n) is 4.48. The standard InChI is InChI=1S/C14H17ClFN3/c1-3-17-13(14-8-19(2)9-18-14)7-10-11(15)5-4-6-12(10)16/h4-6,8-9,13,17H,3,7H2,1-2H3. The van der Waals surface area contributed by atoms with E-state index in [1.807, 2.05) is 24.7 Å². The van der Waals surface area contributed by atoms with Crippen molar-refractivity contribution in [2.45, 2.75) is 19.4 Å². The van der Waals surface area contributed by atoms with Crippen molar-refractivity contribution in [1.82, 2.24) is 14.9 Å². The highest BCUT2D eigenvalue weighted by Gasteiger charge is 2.17. The van der Waals surface area contributed by atoms with Crippen molar-refractivity contribution in [2.24, 2.45) is 7.05 Å². The SMILES string of the molecule is CCNC(Cc1c(F)cccc1Cl)c1cn(C)cn1. The second kappa shape index (κ2) is 6.17. The van der Waals surface area contributed by atoms with E-state index in [4.69, 9.17) is 11.6 Å². The van der Waals surface area contributed by atoms with Crippen LogP contribution in [0.4, 0.5) is 4.39 Å². The van der Waals surface area contributed by atoms with Gasteiger partial charge in [-0.15, -0.1) is 0 Å². The second-order valence-corrected chi connectivity index (χ2v) is 4.89. The van der Waals surface area contributed by atoms with E-state index < -0.39 is 0 Å². The van der Waals surface area contributed by atoms with Crippen molar-refractivity contribution in [3.05, 3.63) is 52.8 Å². The van der Waals surface area contributed by atoms with Crippen LogP contribution in [0.25, 0.3) is 0 Å². The molecule has 0 fully saturated rings. The Hall–Kier alpha value is -1.39. The Morgan fingerprint density at radius 3 is 2.84 bits per heavy atom. The van der Waals surface area contributed by atoms with Gasteiger partial charge in [0.05, 0.1) is 18.1 Å². The molecule has 2 aromatic rings. The maximum absolute atomic E-state index is 13.8. The molecule has 1 heterocycles. The summed E-state index contributed by atoms with van der Waals surface area (Å²) in [6.45, 7) is 2.80. The van der Waals surface area contributed by atoms with Gasteiger partial charge in [0.1, 0.15) is 5.82 Å². The lowest BCUT2D eigenvalue weighted by molar-refractivity contribution is 0.519. The Labute approximate surface area is 117 Å². The minimum Gasteiger partial charge on any atom is -0.340 e. The average molecular weight is 282 g/mol. The van der Waals surface area contributed by atoms with Crippen LogP contribution in [0.15, 0.2) is 30.7 Å². The fraction of sp³-hybridized carbons (Fsp3) is 0.357. The molecule has 5 heteroatoms. The molecule has 0 amide bonds. The Kier molecular flexibility index (Phi) is 4.56. The third-order valence-corrected chi connectivity index (χ3v) is 3.36. The largest absolute Gasteiger partial charge is 0.340 e. The van der Waals surface area contributed by atoms with Gasteiger partial charge in [-0.2, -0.15) is 0 Å². The molecule has 0 aliphatic heterocycles. The van der Waals surface area contributed by atoms with Gasteiger partial charge in [-0.1, -0.05) is 24.6 Å². The van der Waals surface area contributed by atoms with Crippen LogP contribution in [0.1, 0.15) is 24.2 Å². The highest BCUT2D eigenvalue weighted by atomic mass is 35.5. The summed E-state index contributed by atoms with van der Waals surface area (Å²) >= 11 is 6.07. The number of benzene rings is 1. The molecular weight excluding hydrogens is 265 g/mol. The van der Waals surface area contributed by atoms with Crippen LogP contribution in [0, 0.1) is 5.82 Å². The van der Waals surface area contributed by atoms with Crippen molar-refractivity contribution in [3.63, 3.8) is 0 Å². The first-order chi connectivity index (χ1) is 9.11. The van der Waals surface area contributed by atoms with E-state index in [1.165, 1.54) is 6.07 Å². The van der Waals surface area contributed by atoms with Crippen molar-refractivity contribution in [3.8, 4) is 0 Å².